The first kappa shape index (κ1) is 22.2. The van der Waals surface area contributed by atoms with Crippen molar-refractivity contribution >= 4 is 25.8 Å². The molecule has 0 radical (unpaired) electrons. The average molecular weight is 444 g/mol. The van der Waals surface area contributed by atoms with Crippen LogP contribution in [0.1, 0.15) is 30.4 Å². The SMILES string of the molecule is Cc1ccc(S(=O)(=O)NCCC(=O)N[C@H]2CS(=O)(=O)C[C@H]2N2CCCC2)cc1C. The molecule has 2 fully saturated rings. The fourth-order valence-corrected chi connectivity index (χ4v) is 7.01. The molecular weight excluding hydrogens is 414 g/mol. The number of carbonyl (C=O) groups excluding carboxylic acids is 1. The standard InChI is InChI=1S/C19H29N3O5S2/c1-14-5-6-16(11-15(14)2)29(26,27)20-8-7-19(23)21-17-12-28(24,25)13-18(17)22-9-3-4-10-22/h5-6,11,17-18,20H,3-4,7-10,12-13H2,1-2H3,(H,21,23)/t17-,18+/m0/s1. The molecule has 0 unspecified atom stereocenters. The predicted molar refractivity (Wildman–Crippen MR) is 111 cm³/mol. The summed E-state index contributed by atoms with van der Waals surface area (Å²) in [5.74, 6) is -0.342. The van der Waals surface area contributed by atoms with Gasteiger partial charge in [-0.2, -0.15) is 0 Å². The van der Waals surface area contributed by atoms with Crippen LogP contribution in [0.25, 0.3) is 0 Å². The Hall–Kier alpha value is -1.49. The zero-order valence-electron chi connectivity index (χ0n) is 16.8. The highest BCUT2D eigenvalue weighted by molar-refractivity contribution is 7.91. The van der Waals surface area contributed by atoms with Crippen LogP contribution in [0.4, 0.5) is 0 Å². The molecule has 2 N–H and O–H groups in total. The van der Waals surface area contributed by atoms with Crippen molar-refractivity contribution in [1.82, 2.24) is 14.9 Å². The van der Waals surface area contributed by atoms with E-state index in [1.165, 1.54) is 6.07 Å². The average Bonchev–Trinajstić information content (AvgIpc) is 3.24. The summed E-state index contributed by atoms with van der Waals surface area (Å²) >= 11 is 0. The van der Waals surface area contributed by atoms with Crippen molar-refractivity contribution in [3.63, 3.8) is 0 Å². The second-order valence-electron chi connectivity index (χ2n) is 7.96. The minimum absolute atomic E-state index is 0.0467. The fourth-order valence-electron chi connectivity index (χ4n) is 3.94. The lowest BCUT2D eigenvalue weighted by atomic mass is 10.1. The van der Waals surface area contributed by atoms with E-state index < -0.39 is 25.9 Å². The molecule has 0 aromatic heterocycles. The van der Waals surface area contributed by atoms with Crippen LogP contribution in [0.3, 0.4) is 0 Å². The van der Waals surface area contributed by atoms with E-state index in [9.17, 15) is 21.6 Å². The molecule has 1 aromatic carbocycles. The molecular formula is C19H29N3O5S2. The number of benzene rings is 1. The summed E-state index contributed by atoms with van der Waals surface area (Å²) in [6.45, 7) is 5.40. The number of hydrogen-bond acceptors (Lipinski definition) is 6. The van der Waals surface area contributed by atoms with E-state index in [0.29, 0.717) is 0 Å². The first-order valence-corrected chi connectivity index (χ1v) is 13.2. The summed E-state index contributed by atoms with van der Waals surface area (Å²) in [6.07, 6.45) is 2.03. The molecule has 0 spiro atoms. The van der Waals surface area contributed by atoms with E-state index in [0.717, 1.165) is 37.1 Å². The van der Waals surface area contributed by atoms with Gasteiger partial charge >= 0.3 is 0 Å². The molecule has 3 rings (SSSR count). The molecule has 1 aromatic rings. The molecule has 0 bridgehead atoms. The number of rotatable bonds is 7. The first-order valence-electron chi connectivity index (χ1n) is 9.88. The maximum Gasteiger partial charge on any atom is 0.240 e. The summed E-state index contributed by atoms with van der Waals surface area (Å²) in [5, 5.41) is 2.81. The number of hydrogen-bond donors (Lipinski definition) is 2. The lowest BCUT2D eigenvalue weighted by Gasteiger charge is -2.28. The second kappa shape index (κ2) is 8.71. The minimum Gasteiger partial charge on any atom is -0.351 e. The molecule has 1 amide bonds. The summed E-state index contributed by atoms with van der Waals surface area (Å²) in [4.78, 5) is 14.6. The van der Waals surface area contributed by atoms with Crippen molar-refractivity contribution in [1.29, 1.82) is 0 Å². The molecule has 0 aliphatic carbocycles. The largest absolute Gasteiger partial charge is 0.351 e. The van der Waals surface area contributed by atoms with Crippen molar-refractivity contribution in [3.05, 3.63) is 29.3 Å². The van der Waals surface area contributed by atoms with Gasteiger partial charge in [-0.25, -0.2) is 21.6 Å². The molecule has 2 aliphatic rings. The van der Waals surface area contributed by atoms with E-state index in [2.05, 4.69) is 14.9 Å². The Morgan fingerprint density at radius 3 is 2.48 bits per heavy atom. The van der Waals surface area contributed by atoms with Gasteiger partial charge in [0.05, 0.1) is 22.4 Å². The van der Waals surface area contributed by atoms with E-state index in [1.54, 1.807) is 12.1 Å². The number of likely N-dealkylation sites (tertiary alicyclic amines) is 1. The molecule has 0 saturated carbocycles. The number of sulfonamides is 1. The lowest BCUT2D eigenvalue weighted by Crippen LogP contribution is -2.50. The number of carbonyl (C=O) groups is 1. The van der Waals surface area contributed by atoms with Gasteiger partial charge in [-0.1, -0.05) is 6.07 Å². The topological polar surface area (TPSA) is 113 Å². The molecule has 10 heteroatoms. The van der Waals surface area contributed by atoms with E-state index >= 15 is 0 Å². The first-order chi connectivity index (χ1) is 13.6. The number of aryl methyl sites for hydroxylation is 2. The minimum atomic E-state index is -3.70. The summed E-state index contributed by atoms with van der Waals surface area (Å²) in [6, 6.07) is 4.24. The smallest absolute Gasteiger partial charge is 0.240 e. The van der Waals surface area contributed by atoms with E-state index in [-0.39, 0.29) is 41.3 Å². The van der Waals surface area contributed by atoms with Gasteiger partial charge in [-0.05, 0) is 63.0 Å². The van der Waals surface area contributed by atoms with Gasteiger partial charge in [-0.15, -0.1) is 0 Å². The van der Waals surface area contributed by atoms with Gasteiger partial charge in [0.15, 0.2) is 9.84 Å². The Labute approximate surface area is 173 Å². The Morgan fingerprint density at radius 1 is 1.14 bits per heavy atom. The molecule has 2 saturated heterocycles. The fraction of sp³-hybridized carbons (Fsp3) is 0.632. The monoisotopic (exact) mass is 443 g/mol. The Balaban J connectivity index is 1.54. The quantitative estimate of drug-likeness (QED) is 0.629. The third-order valence-corrected chi connectivity index (χ3v) is 8.89. The highest BCUT2D eigenvalue weighted by Gasteiger charge is 2.42. The molecule has 8 nitrogen and oxygen atoms in total. The number of sulfone groups is 1. The van der Waals surface area contributed by atoms with Crippen LogP contribution in [-0.2, 0) is 24.7 Å². The van der Waals surface area contributed by atoms with Crippen LogP contribution < -0.4 is 10.0 Å². The van der Waals surface area contributed by atoms with Crippen molar-refractivity contribution in [3.8, 4) is 0 Å². The van der Waals surface area contributed by atoms with Gasteiger partial charge in [0.1, 0.15) is 0 Å². The van der Waals surface area contributed by atoms with Crippen LogP contribution in [-0.4, -0.2) is 70.9 Å². The summed E-state index contributed by atoms with van der Waals surface area (Å²) in [7, 11) is -6.88. The molecule has 29 heavy (non-hydrogen) atoms. The number of amides is 1. The van der Waals surface area contributed by atoms with Crippen molar-refractivity contribution in [2.75, 3.05) is 31.1 Å². The normalized spacial score (nSPS) is 24.6. The highest BCUT2D eigenvalue weighted by atomic mass is 32.2. The zero-order valence-corrected chi connectivity index (χ0v) is 18.5. The third kappa shape index (κ3) is 5.56. The van der Waals surface area contributed by atoms with Gasteiger partial charge in [0.2, 0.25) is 15.9 Å². The van der Waals surface area contributed by atoms with Crippen LogP contribution >= 0.6 is 0 Å². The zero-order chi connectivity index (χ0) is 21.2. The molecule has 2 heterocycles. The molecule has 2 atom stereocenters. The van der Waals surface area contributed by atoms with Crippen molar-refractivity contribution in [2.45, 2.75) is 50.1 Å². The van der Waals surface area contributed by atoms with Gasteiger partial charge < -0.3 is 5.32 Å². The Bertz CT molecular complexity index is 970. The van der Waals surface area contributed by atoms with E-state index in [4.69, 9.17) is 0 Å². The van der Waals surface area contributed by atoms with Crippen LogP contribution in [0.2, 0.25) is 0 Å². The van der Waals surface area contributed by atoms with Gasteiger partial charge in [0.25, 0.3) is 0 Å². The van der Waals surface area contributed by atoms with Crippen LogP contribution in [0, 0.1) is 13.8 Å². The molecule has 162 valence electrons. The van der Waals surface area contributed by atoms with Gasteiger partial charge in [0, 0.05) is 19.0 Å². The second-order valence-corrected chi connectivity index (χ2v) is 11.9. The van der Waals surface area contributed by atoms with Crippen LogP contribution in [0.15, 0.2) is 23.1 Å². The maximum atomic E-state index is 12.4. The summed E-state index contributed by atoms with van der Waals surface area (Å²) < 4.78 is 51.4. The number of nitrogens with zero attached hydrogens (tertiary/aromatic N) is 1. The van der Waals surface area contributed by atoms with Gasteiger partial charge in [-0.3, -0.25) is 9.69 Å². The third-order valence-electron chi connectivity index (χ3n) is 5.71. The van der Waals surface area contributed by atoms with Crippen LogP contribution in [0.5, 0.6) is 0 Å². The summed E-state index contributed by atoms with van der Waals surface area (Å²) in [5.41, 5.74) is 1.88. The van der Waals surface area contributed by atoms with Crippen molar-refractivity contribution in [2.24, 2.45) is 0 Å². The Kier molecular flexibility index (Phi) is 6.67. The lowest BCUT2D eigenvalue weighted by molar-refractivity contribution is -0.121. The highest BCUT2D eigenvalue weighted by Crippen LogP contribution is 2.22. The maximum absolute atomic E-state index is 12.4. The van der Waals surface area contributed by atoms with E-state index in [1.807, 2.05) is 13.8 Å². The Morgan fingerprint density at radius 2 is 1.83 bits per heavy atom. The predicted octanol–water partition coefficient (Wildman–Crippen LogP) is 0.349. The van der Waals surface area contributed by atoms with Crippen molar-refractivity contribution < 1.29 is 21.6 Å². The molecule has 2 aliphatic heterocycles. The number of nitrogens with one attached hydrogen (secondary N) is 2.